The molecule has 0 bridgehead atoms. The summed E-state index contributed by atoms with van der Waals surface area (Å²) in [5, 5.41) is 6.39. The lowest BCUT2D eigenvalue weighted by Crippen LogP contribution is -2.42. The van der Waals surface area contributed by atoms with Gasteiger partial charge in [-0.15, -0.1) is 0 Å². The molecule has 7 heteroatoms. The molecule has 1 aromatic carbocycles. The van der Waals surface area contributed by atoms with Gasteiger partial charge >= 0.3 is 6.61 Å². The summed E-state index contributed by atoms with van der Waals surface area (Å²) >= 11 is 0. The lowest BCUT2D eigenvalue weighted by Gasteiger charge is -2.24. The average molecular weight is 368 g/mol. The molecule has 0 spiro atoms. The summed E-state index contributed by atoms with van der Waals surface area (Å²) in [4.78, 5) is 12.5. The number of amides is 1. The van der Waals surface area contributed by atoms with Crippen LogP contribution >= 0.6 is 0 Å². The first-order valence-electron chi connectivity index (χ1n) is 9.31. The topological polar surface area (TPSA) is 59.6 Å². The van der Waals surface area contributed by atoms with Gasteiger partial charge in [0, 0.05) is 12.6 Å². The Morgan fingerprint density at radius 1 is 1.31 bits per heavy atom. The molecule has 1 amide bonds. The Bertz CT molecular complexity index is 613. The Morgan fingerprint density at radius 3 is 2.85 bits per heavy atom. The van der Waals surface area contributed by atoms with Crippen molar-refractivity contribution in [3.8, 4) is 11.5 Å². The highest BCUT2D eigenvalue weighted by Gasteiger charge is 2.37. The molecule has 26 heavy (non-hydrogen) atoms. The summed E-state index contributed by atoms with van der Waals surface area (Å²) in [5.41, 5.74) is 0.777. The van der Waals surface area contributed by atoms with Crippen molar-refractivity contribution in [3.05, 3.63) is 23.8 Å². The van der Waals surface area contributed by atoms with Crippen LogP contribution in [0, 0.1) is 5.92 Å². The smallest absolute Gasteiger partial charge is 0.387 e. The van der Waals surface area contributed by atoms with Crippen molar-refractivity contribution >= 4 is 5.91 Å². The standard InChI is InChI=1S/C19H26F2N2O3/c1-2-25-17-9-12(7-8-16(17)26-19(20)21)11-22-18(24)15-10-13-5-3-4-6-14(13)23-15/h7-9,13-15,19,23H,2-6,10-11H2,1H3,(H,22,24). The minimum Gasteiger partial charge on any atom is -0.490 e. The second-order valence-corrected chi connectivity index (χ2v) is 6.92. The van der Waals surface area contributed by atoms with E-state index in [2.05, 4.69) is 15.4 Å². The number of nitrogens with one attached hydrogen (secondary N) is 2. The molecule has 0 aromatic heterocycles. The normalized spacial score (nSPS) is 25.0. The Hall–Kier alpha value is -1.89. The molecule has 3 unspecified atom stereocenters. The van der Waals surface area contributed by atoms with E-state index >= 15 is 0 Å². The van der Waals surface area contributed by atoms with Crippen LogP contribution in [0.4, 0.5) is 8.78 Å². The van der Waals surface area contributed by atoms with Gasteiger partial charge in [-0.25, -0.2) is 0 Å². The number of alkyl halides is 2. The Morgan fingerprint density at radius 2 is 2.12 bits per heavy atom. The van der Waals surface area contributed by atoms with Gasteiger partial charge < -0.3 is 20.1 Å². The zero-order valence-electron chi connectivity index (χ0n) is 15.0. The highest BCUT2D eigenvalue weighted by atomic mass is 19.3. The third kappa shape index (κ3) is 4.63. The Kier molecular flexibility index (Phi) is 6.29. The Labute approximate surface area is 152 Å². The fourth-order valence-corrected chi connectivity index (χ4v) is 3.96. The van der Waals surface area contributed by atoms with Gasteiger partial charge in [-0.2, -0.15) is 8.78 Å². The van der Waals surface area contributed by atoms with Crippen molar-refractivity contribution in [1.82, 2.24) is 10.6 Å². The zero-order valence-corrected chi connectivity index (χ0v) is 15.0. The molecule has 2 aliphatic rings. The van der Waals surface area contributed by atoms with Crippen molar-refractivity contribution in [2.75, 3.05) is 6.61 Å². The van der Waals surface area contributed by atoms with Crippen LogP contribution in [0.15, 0.2) is 18.2 Å². The van der Waals surface area contributed by atoms with Crippen LogP contribution in [0.25, 0.3) is 0 Å². The second-order valence-electron chi connectivity index (χ2n) is 6.92. The molecule has 0 radical (unpaired) electrons. The van der Waals surface area contributed by atoms with Gasteiger partial charge in [0.15, 0.2) is 11.5 Å². The van der Waals surface area contributed by atoms with Crippen molar-refractivity contribution < 1.29 is 23.0 Å². The second kappa shape index (κ2) is 8.66. The van der Waals surface area contributed by atoms with Crippen molar-refractivity contribution in [2.45, 2.75) is 64.3 Å². The number of rotatable bonds is 7. The van der Waals surface area contributed by atoms with Crippen LogP contribution in [-0.2, 0) is 11.3 Å². The van der Waals surface area contributed by atoms with E-state index in [0.29, 0.717) is 25.1 Å². The maximum Gasteiger partial charge on any atom is 0.387 e. The van der Waals surface area contributed by atoms with Crippen LogP contribution in [0.5, 0.6) is 11.5 Å². The number of halogens is 2. The van der Waals surface area contributed by atoms with E-state index in [4.69, 9.17) is 4.74 Å². The fourth-order valence-electron chi connectivity index (χ4n) is 3.96. The van der Waals surface area contributed by atoms with Crippen LogP contribution in [0.2, 0.25) is 0 Å². The molecule has 1 saturated heterocycles. The first-order chi connectivity index (χ1) is 12.6. The van der Waals surface area contributed by atoms with Crippen LogP contribution in [-0.4, -0.2) is 31.2 Å². The molecule has 2 fully saturated rings. The number of ether oxygens (including phenoxy) is 2. The highest BCUT2D eigenvalue weighted by molar-refractivity contribution is 5.82. The maximum atomic E-state index is 12.5. The summed E-state index contributed by atoms with van der Waals surface area (Å²) in [7, 11) is 0. The first-order valence-corrected chi connectivity index (χ1v) is 9.31. The molecule has 144 valence electrons. The molecule has 1 aliphatic heterocycles. The number of carbonyl (C=O) groups is 1. The van der Waals surface area contributed by atoms with Crippen LogP contribution in [0.1, 0.15) is 44.6 Å². The molecule has 3 atom stereocenters. The van der Waals surface area contributed by atoms with E-state index in [9.17, 15) is 13.6 Å². The number of hydrogen-bond donors (Lipinski definition) is 2. The van der Waals surface area contributed by atoms with Crippen LogP contribution < -0.4 is 20.1 Å². The summed E-state index contributed by atoms with van der Waals surface area (Å²) in [6, 6.07) is 5.05. The fraction of sp³-hybridized carbons (Fsp3) is 0.632. The number of hydrogen-bond acceptors (Lipinski definition) is 4. The predicted octanol–water partition coefficient (Wildman–Crippen LogP) is 3.22. The van der Waals surface area contributed by atoms with E-state index in [0.717, 1.165) is 18.4 Å². The summed E-state index contributed by atoms with van der Waals surface area (Å²) in [5.74, 6) is 0.850. The molecular formula is C19H26F2N2O3. The third-order valence-corrected chi connectivity index (χ3v) is 5.17. The largest absolute Gasteiger partial charge is 0.490 e. The van der Waals surface area contributed by atoms with Crippen molar-refractivity contribution in [2.24, 2.45) is 5.92 Å². The van der Waals surface area contributed by atoms with Gasteiger partial charge in [0.1, 0.15) is 0 Å². The number of benzene rings is 1. The van der Waals surface area contributed by atoms with E-state index < -0.39 is 6.61 Å². The molecule has 1 saturated carbocycles. The molecule has 1 aromatic rings. The molecule has 1 heterocycles. The van der Waals surface area contributed by atoms with Gasteiger partial charge in [-0.05, 0) is 49.8 Å². The Balaban J connectivity index is 1.56. The lowest BCUT2D eigenvalue weighted by atomic mass is 9.85. The van der Waals surface area contributed by atoms with E-state index in [1.54, 1.807) is 19.1 Å². The van der Waals surface area contributed by atoms with Gasteiger partial charge in [-0.1, -0.05) is 18.9 Å². The zero-order chi connectivity index (χ0) is 18.5. The number of carbonyl (C=O) groups excluding carboxylic acids is 1. The lowest BCUT2D eigenvalue weighted by molar-refractivity contribution is -0.123. The molecule has 5 nitrogen and oxygen atoms in total. The SMILES string of the molecule is CCOc1cc(CNC(=O)C2CC3CCCCC3N2)ccc1OC(F)F. The van der Waals surface area contributed by atoms with Gasteiger partial charge in [0.05, 0.1) is 12.6 Å². The van der Waals surface area contributed by atoms with Crippen molar-refractivity contribution in [1.29, 1.82) is 0 Å². The first kappa shape index (κ1) is 18.9. The minimum absolute atomic E-state index is 0.00142. The minimum atomic E-state index is -2.91. The maximum absolute atomic E-state index is 12.5. The van der Waals surface area contributed by atoms with Crippen molar-refractivity contribution in [3.63, 3.8) is 0 Å². The van der Waals surface area contributed by atoms with Gasteiger partial charge in [0.25, 0.3) is 0 Å². The van der Waals surface area contributed by atoms with E-state index in [1.165, 1.54) is 25.3 Å². The molecular weight excluding hydrogens is 342 g/mol. The van der Waals surface area contributed by atoms with E-state index in [-0.39, 0.29) is 23.4 Å². The molecule has 1 aliphatic carbocycles. The van der Waals surface area contributed by atoms with E-state index in [1.807, 2.05) is 0 Å². The number of fused-ring (bicyclic) bond motifs is 1. The quantitative estimate of drug-likeness (QED) is 0.776. The summed E-state index contributed by atoms with van der Waals surface area (Å²) in [6.45, 7) is -0.478. The highest BCUT2D eigenvalue weighted by Crippen LogP contribution is 2.33. The van der Waals surface area contributed by atoms with Gasteiger partial charge in [0.2, 0.25) is 5.91 Å². The summed E-state index contributed by atoms with van der Waals surface area (Å²) in [6.07, 6.45) is 5.73. The predicted molar refractivity (Wildman–Crippen MR) is 93.4 cm³/mol. The summed E-state index contributed by atoms with van der Waals surface area (Å²) < 4.78 is 34.7. The third-order valence-electron chi connectivity index (χ3n) is 5.17. The average Bonchev–Trinajstić information content (AvgIpc) is 3.05. The molecule has 3 rings (SSSR count). The van der Waals surface area contributed by atoms with Crippen LogP contribution in [0.3, 0.4) is 0 Å². The molecule has 2 N–H and O–H groups in total. The monoisotopic (exact) mass is 368 g/mol. The van der Waals surface area contributed by atoms with Gasteiger partial charge in [-0.3, -0.25) is 4.79 Å².